The second-order valence-corrected chi connectivity index (χ2v) is 6.79. The maximum absolute atomic E-state index is 12.4. The molecule has 2 amide bonds. The van der Waals surface area contributed by atoms with Crippen molar-refractivity contribution in [3.05, 3.63) is 66.2 Å². The van der Waals surface area contributed by atoms with Gasteiger partial charge in [0.1, 0.15) is 5.75 Å². The third-order valence-corrected chi connectivity index (χ3v) is 4.85. The number of benzene rings is 3. The van der Waals surface area contributed by atoms with E-state index in [9.17, 15) is 9.59 Å². The molecule has 0 atom stereocenters. The van der Waals surface area contributed by atoms with Crippen molar-refractivity contribution in [2.45, 2.75) is 0 Å². The lowest BCUT2D eigenvalue weighted by Gasteiger charge is -2.16. The van der Waals surface area contributed by atoms with E-state index in [4.69, 9.17) is 14.8 Å². The first kappa shape index (κ1) is 20.0. The van der Waals surface area contributed by atoms with Crippen LogP contribution in [0.4, 0.5) is 21.9 Å². The number of carboxylic acid groups (broad SMARTS) is 1. The van der Waals surface area contributed by atoms with Crippen molar-refractivity contribution in [3.63, 3.8) is 0 Å². The molecule has 3 aromatic carbocycles. The van der Waals surface area contributed by atoms with E-state index in [1.54, 1.807) is 37.4 Å². The zero-order chi connectivity index (χ0) is 22.0. The quantitative estimate of drug-likeness (QED) is 0.354. The van der Waals surface area contributed by atoms with E-state index in [0.717, 1.165) is 22.0 Å². The summed E-state index contributed by atoms with van der Waals surface area (Å²) < 4.78 is 5.32. The van der Waals surface area contributed by atoms with Crippen LogP contribution in [0.25, 0.3) is 21.8 Å². The minimum atomic E-state index is -1.17. The number of rotatable bonds is 5. The van der Waals surface area contributed by atoms with Gasteiger partial charge in [-0.25, -0.2) is 9.78 Å². The summed E-state index contributed by atoms with van der Waals surface area (Å²) in [6, 6.07) is 18.0. The number of anilines is 3. The predicted molar refractivity (Wildman–Crippen MR) is 121 cm³/mol. The average molecular weight is 416 g/mol. The van der Waals surface area contributed by atoms with Gasteiger partial charge >= 0.3 is 6.09 Å². The topological polar surface area (TPSA) is 113 Å². The largest absolute Gasteiger partial charge is 0.497 e. The maximum atomic E-state index is 12.4. The van der Waals surface area contributed by atoms with Gasteiger partial charge in [0.25, 0.3) is 5.91 Å². The van der Waals surface area contributed by atoms with Gasteiger partial charge in [0.05, 0.1) is 29.4 Å². The first-order valence-corrected chi connectivity index (χ1v) is 9.49. The fourth-order valence-electron chi connectivity index (χ4n) is 3.50. The molecule has 0 saturated carbocycles. The standard InChI is InChI=1S/C23H20N4O4/c1-24-22(28)18-8-5-7-17-20(16-6-3-4-9-19(16)27-21(17)18)25-13-10-14(26-23(29)30)12-15(11-13)31-2/h3-12,26H,1-2H3,(H,24,28)(H,25,27)(H,29,30). The summed E-state index contributed by atoms with van der Waals surface area (Å²) in [5, 5.41) is 19.1. The van der Waals surface area contributed by atoms with Crippen molar-refractivity contribution in [3.8, 4) is 5.75 Å². The summed E-state index contributed by atoms with van der Waals surface area (Å²) in [5.74, 6) is 0.260. The lowest BCUT2D eigenvalue weighted by atomic mass is 10.0. The molecule has 0 bridgehead atoms. The molecular weight excluding hydrogens is 396 g/mol. The Morgan fingerprint density at radius 3 is 2.45 bits per heavy atom. The lowest BCUT2D eigenvalue weighted by Crippen LogP contribution is -2.18. The van der Waals surface area contributed by atoms with Gasteiger partial charge in [0.15, 0.2) is 0 Å². The van der Waals surface area contributed by atoms with E-state index in [1.165, 1.54) is 7.11 Å². The van der Waals surface area contributed by atoms with Crippen molar-refractivity contribution >= 4 is 50.9 Å². The van der Waals surface area contributed by atoms with Gasteiger partial charge in [0.2, 0.25) is 0 Å². The Hall–Kier alpha value is -4.33. The number of methoxy groups -OCH3 is 1. The smallest absolute Gasteiger partial charge is 0.409 e. The summed E-state index contributed by atoms with van der Waals surface area (Å²) in [6.07, 6.45) is -1.17. The van der Waals surface area contributed by atoms with Crippen LogP contribution in [-0.2, 0) is 0 Å². The summed E-state index contributed by atoms with van der Waals surface area (Å²) in [7, 11) is 3.09. The van der Waals surface area contributed by atoms with Crippen LogP contribution >= 0.6 is 0 Å². The third-order valence-electron chi connectivity index (χ3n) is 4.85. The molecule has 0 radical (unpaired) electrons. The van der Waals surface area contributed by atoms with E-state index in [2.05, 4.69) is 16.0 Å². The van der Waals surface area contributed by atoms with Gasteiger partial charge in [-0.1, -0.05) is 30.3 Å². The zero-order valence-electron chi connectivity index (χ0n) is 16.9. The molecule has 0 aliphatic heterocycles. The second kappa shape index (κ2) is 8.19. The molecule has 0 unspecified atom stereocenters. The van der Waals surface area contributed by atoms with Gasteiger partial charge < -0.3 is 20.5 Å². The van der Waals surface area contributed by atoms with Crippen LogP contribution in [0.3, 0.4) is 0 Å². The highest BCUT2D eigenvalue weighted by Gasteiger charge is 2.16. The highest BCUT2D eigenvalue weighted by molar-refractivity contribution is 6.14. The van der Waals surface area contributed by atoms with E-state index in [1.807, 2.05) is 30.3 Å². The summed E-state index contributed by atoms with van der Waals surface area (Å²) in [6.45, 7) is 0. The van der Waals surface area contributed by atoms with Crippen molar-refractivity contribution in [1.82, 2.24) is 10.3 Å². The summed E-state index contributed by atoms with van der Waals surface area (Å²) >= 11 is 0. The Bertz CT molecular complexity index is 1320. The molecule has 4 N–H and O–H groups in total. The Balaban J connectivity index is 1.94. The first-order valence-electron chi connectivity index (χ1n) is 9.49. The van der Waals surface area contributed by atoms with Crippen molar-refractivity contribution in [2.24, 2.45) is 0 Å². The minimum Gasteiger partial charge on any atom is -0.497 e. The van der Waals surface area contributed by atoms with Crippen LogP contribution in [0.1, 0.15) is 10.4 Å². The number of ether oxygens (including phenoxy) is 1. The molecule has 0 saturated heterocycles. The lowest BCUT2D eigenvalue weighted by molar-refractivity contribution is 0.0964. The number of carbonyl (C=O) groups is 2. The number of para-hydroxylation sites is 2. The minimum absolute atomic E-state index is 0.228. The molecule has 156 valence electrons. The van der Waals surface area contributed by atoms with Crippen LogP contribution in [0.15, 0.2) is 60.7 Å². The number of aromatic nitrogens is 1. The van der Waals surface area contributed by atoms with Crippen LogP contribution in [0.2, 0.25) is 0 Å². The Labute approximate surface area is 177 Å². The third kappa shape index (κ3) is 3.91. The predicted octanol–water partition coefficient (Wildman–Crippen LogP) is 4.59. The highest BCUT2D eigenvalue weighted by atomic mass is 16.5. The second-order valence-electron chi connectivity index (χ2n) is 6.79. The Kier molecular flexibility index (Phi) is 5.28. The monoisotopic (exact) mass is 416 g/mol. The van der Waals surface area contributed by atoms with Crippen molar-refractivity contribution in [1.29, 1.82) is 0 Å². The van der Waals surface area contributed by atoms with Crippen LogP contribution in [0.5, 0.6) is 5.75 Å². The molecule has 0 aliphatic carbocycles. The Morgan fingerprint density at radius 2 is 1.71 bits per heavy atom. The van der Waals surface area contributed by atoms with E-state index < -0.39 is 6.09 Å². The van der Waals surface area contributed by atoms with Gasteiger partial charge in [-0.15, -0.1) is 0 Å². The SMILES string of the molecule is CNC(=O)c1cccc2c(Nc3cc(NC(=O)O)cc(OC)c3)c3ccccc3nc12. The number of carbonyl (C=O) groups excluding carboxylic acids is 1. The molecule has 0 aliphatic rings. The molecule has 31 heavy (non-hydrogen) atoms. The highest BCUT2D eigenvalue weighted by Crippen LogP contribution is 2.36. The first-order chi connectivity index (χ1) is 15.0. The maximum Gasteiger partial charge on any atom is 0.409 e. The molecule has 0 spiro atoms. The van der Waals surface area contributed by atoms with E-state index in [0.29, 0.717) is 28.2 Å². The number of hydrogen-bond acceptors (Lipinski definition) is 5. The Morgan fingerprint density at radius 1 is 0.968 bits per heavy atom. The molecule has 1 aromatic heterocycles. The number of pyridine rings is 1. The van der Waals surface area contributed by atoms with Crippen LogP contribution in [-0.4, -0.2) is 36.2 Å². The molecule has 0 fully saturated rings. The number of amides is 2. The fourth-order valence-corrected chi connectivity index (χ4v) is 3.50. The molecule has 1 heterocycles. The van der Waals surface area contributed by atoms with Crippen LogP contribution in [0, 0.1) is 0 Å². The molecule has 4 rings (SSSR count). The number of nitrogens with zero attached hydrogens (tertiary/aromatic N) is 1. The summed E-state index contributed by atoms with van der Waals surface area (Å²) in [4.78, 5) is 28.2. The summed E-state index contributed by atoms with van der Waals surface area (Å²) in [5.41, 5.74) is 3.48. The van der Waals surface area contributed by atoms with E-state index in [-0.39, 0.29) is 5.91 Å². The molecular formula is C23H20N4O4. The van der Waals surface area contributed by atoms with Crippen molar-refractivity contribution < 1.29 is 19.4 Å². The molecule has 4 aromatic rings. The normalized spacial score (nSPS) is 10.6. The van der Waals surface area contributed by atoms with E-state index >= 15 is 0 Å². The number of hydrogen-bond donors (Lipinski definition) is 4. The molecule has 8 heteroatoms. The molecule has 8 nitrogen and oxygen atoms in total. The number of fused-ring (bicyclic) bond motifs is 2. The van der Waals surface area contributed by atoms with Gasteiger partial charge in [0, 0.05) is 41.3 Å². The average Bonchev–Trinajstić information content (AvgIpc) is 2.77. The zero-order valence-corrected chi connectivity index (χ0v) is 16.9. The van der Waals surface area contributed by atoms with Crippen molar-refractivity contribution in [2.75, 3.05) is 24.8 Å². The number of nitrogens with one attached hydrogen (secondary N) is 3. The van der Waals surface area contributed by atoms with Crippen LogP contribution < -0.4 is 20.7 Å². The van der Waals surface area contributed by atoms with Gasteiger partial charge in [-0.2, -0.15) is 0 Å². The fraction of sp³-hybridized carbons (Fsp3) is 0.0870. The van der Waals surface area contributed by atoms with Gasteiger partial charge in [-0.05, 0) is 18.2 Å². The van der Waals surface area contributed by atoms with Gasteiger partial charge in [-0.3, -0.25) is 10.1 Å².